The van der Waals surface area contributed by atoms with Crippen LogP contribution in [0.3, 0.4) is 0 Å². The zero-order valence-corrected chi connectivity index (χ0v) is 18.1. The van der Waals surface area contributed by atoms with Gasteiger partial charge in [0.1, 0.15) is 0 Å². The van der Waals surface area contributed by atoms with Crippen LogP contribution in [0.5, 0.6) is 0 Å². The SMILES string of the molecule is CC[C@H]1C[C@@H](NC(=O)c2ccc3c(c2)CCN3c2nccc(C3CC3)n2)[C@@H](C)N1C#N. The van der Waals surface area contributed by atoms with Crippen LogP contribution < -0.4 is 10.2 Å². The van der Waals surface area contributed by atoms with E-state index in [9.17, 15) is 10.1 Å². The molecule has 3 aliphatic rings. The summed E-state index contributed by atoms with van der Waals surface area (Å²) in [7, 11) is 0. The number of amides is 1. The van der Waals surface area contributed by atoms with Gasteiger partial charge in [0.05, 0.1) is 12.1 Å². The number of hydrogen-bond donors (Lipinski definition) is 1. The Morgan fingerprint density at radius 1 is 1.32 bits per heavy atom. The maximum atomic E-state index is 13.0. The lowest BCUT2D eigenvalue weighted by Gasteiger charge is -2.22. The van der Waals surface area contributed by atoms with Crippen LogP contribution in [0.1, 0.15) is 67.1 Å². The molecule has 2 aliphatic heterocycles. The highest BCUT2D eigenvalue weighted by atomic mass is 16.1. The zero-order chi connectivity index (χ0) is 21.5. The van der Waals surface area contributed by atoms with Gasteiger partial charge in [0, 0.05) is 41.6 Å². The average molecular weight is 417 g/mol. The molecule has 7 heteroatoms. The van der Waals surface area contributed by atoms with E-state index < -0.39 is 0 Å². The van der Waals surface area contributed by atoms with E-state index in [0.717, 1.165) is 48.7 Å². The molecule has 31 heavy (non-hydrogen) atoms. The Bertz CT molecular complexity index is 1040. The van der Waals surface area contributed by atoms with Gasteiger partial charge in [-0.15, -0.1) is 0 Å². The number of nitrogens with zero attached hydrogens (tertiary/aromatic N) is 5. The predicted molar refractivity (Wildman–Crippen MR) is 118 cm³/mol. The minimum atomic E-state index is -0.0697. The van der Waals surface area contributed by atoms with Crippen molar-refractivity contribution in [3.8, 4) is 6.19 Å². The van der Waals surface area contributed by atoms with E-state index in [4.69, 9.17) is 4.98 Å². The standard InChI is InChI=1S/C24H28N6O/c1-3-19-13-21(15(2)30(19)14-25)27-23(31)18-6-7-22-17(12-18)9-11-29(22)24-26-10-8-20(28-24)16-4-5-16/h6-8,10,12,15-16,19,21H,3-5,9,11,13H2,1-2H3,(H,27,31)/t15-,19+,21-/m1/s1. The molecule has 5 rings (SSSR count). The molecular weight excluding hydrogens is 388 g/mol. The van der Waals surface area contributed by atoms with E-state index in [1.807, 2.05) is 42.3 Å². The summed E-state index contributed by atoms with van der Waals surface area (Å²) in [4.78, 5) is 26.2. The summed E-state index contributed by atoms with van der Waals surface area (Å²) < 4.78 is 0. The van der Waals surface area contributed by atoms with Crippen molar-refractivity contribution < 1.29 is 4.79 Å². The van der Waals surface area contributed by atoms with Gasteiger partial charge in [-0.3, -0.25) is 4.79 Å². The minimum Gasteiger partial charge on any atom is -0.347 e. The van der Waals surface area contributed by atoms with Crippen molar-refractivity contribution in [2.45, 2.75) is 70.0 Å². The highest BCUT2D eigenvalue weighted by Crippen LogP contribution is 2.40. The van der Waals surface area contributed by atoms with Crippen LogP contribution in [0, 0.1) is 11.5 Å². The zero-order valence-electron chi connectivity index (χ0n) is 18.1. The van der Waals surface area contributed by atoms with Crippen LogP contribution in [0.2, 0.25) is 0 Å². The molecule has 7 nitrogen and oxygen atoms in total. The Hall–Kier alpha value is -3.14. The van der Waals surface area contributed by atoms with Crippen LogP contribution >= 0.6 is 0 Å². The largest absolute Gasteiger partial charge is 0.347 e. The van der Waals surface area contributed by atoms with Crippen molar-refractivity contribution in [2.75, 3.05) is 11.4 Å². The Morgan fingerprint density at radius 2 is 2.16 bits per heavy atom. The Morgan fingerprint density at radius 3 is 2.87 bits per heavy atom. The van der Waals surface area contributed by atoms with Crippen molar-refractivity contribution >= 4 is 17.5 Å². The molecule has 1 aliphatic carbocycles. The summed E-state index contributed by atoms with van der Waals surface area (Å²) in [5, 5.41) is 12.6. The number of nitriles is 1. The number of carbonyl (C=O) groups is 1. The molecule has 0 bridgehead atoms. The van der Waals surface area contributed by atoms with E-state index in [1.165, 1.54) is 12.8 Å². The fraction of sp³-hybridized carbons (Fsp3) is 0.500. The monoisotopic (exact) mass is 416 g/mol. The summed E-state index contributed by atoms with van der Waals surface area (Å²) in [6.07, 6.45) is 9.17. The first-order valence-electron chi connectivity index (χ1n) is 11.3. The third-order valence-corrected chi connectivity index (χ3v) is 6.98. The summed E-state index contributed by atoms with van der Waals surface area (Å²) in [6, 6.07) is 8.11. The van der Waals surface area contributed by atoms with Crippen LogP contribution in [-0.4, -0.2) is 45.4 Å². The van der Waals surface area contributed by atoms with Crippen molar-refractivity contribution in [3.05, 3.63) is 47.3 Å². The number of anilines is 2. The fourth-order valence-electron chi connectivity index (χ4n) is 4.95. The Balaban J connectivity index is 1.31. The predicted octanol–water partition coefficient (Wildman–Crippen LogP) is 3.50. The van der Waals surface area contributed by atoms with Crippen LogP contribution in [0.15, 0.2) is 30.5 Å². The lowest BCUT2D eigenvalue weighted by molar-refractivity contribution is 0.0931. The Kier molecular flexibility index (Phi) is 5.01. The topological polar surface area (TPSA) is 85.2 Å². The van der Waals surface area contributed by atoms with E-state index in [-0.39, 0.29) is 24.0 Å². The van der Waals surface area contributed by atoms with Gasteiger partial charge in [-0.2, -0.15) is 5.26 Å². The van der Waals surface area contributed by atoms with Gasteiger partial charge >= 0.3 is 0 Å². The van der Waals surface area contributed by atoms with E-state index in [0.29, 0.717) is 11.5 Å². The second kappa shape index (κ2) is 7.84. The van der Waals surface area contributed by atoms with Gasteiger partial charge in [0.25, 0.3) is 5.91 Å². The van der Waals surface area contributed by atoms with Crippen molar-refractivity contribution in [1.29, 1.82) is 5.26 Å². The van der Waals surface area contributed by atoms with E-state index >= 15 is 0 Å². The quantitative estimate of drug-likeness (QED) is 0.751. The van der Waals surface area contributed by atoms with Crippen molar-refractivity contribution in [3.63, 3.8) is 0 Å². The second-order valence-electron chi connectivity index (χ2n) is 8.93. The Labute approximate surface area is 183 Å². The highest BCUT2D eigenvalue weighted by Gasteiger charge is 2.38. The van der Waals surface area contributed by atoms with Gasteiger partial charge in [0.2, 0.25) is 5.95 Å². The molecule has 160 valence electrons. The second-order valence-corrected chi connectivity index (χ2v) is 8.93. The summed E-state index contributed by atoms with van der Waals surface area (Å²) in [6.45, 7) is 4.92. The first-order valence-corrected chi connectivity index (χ1v) is 11.3. The maximum Gasteiger partial charge on any atom is 0.251 e. The molecule has 0 unspecified atom stereocenters. The van der Waals surface area contributed by atoms with E-state index in [1.54, 1.807) is 0 Å². The smallest absolute Gasteiger partial charge is 0.251 e. The molecule has 1 aromatic heterocycles. The number of carbonyl (C=O) groups excluding carboxylic acids is 1. The number of nitrogens with one attached hydrogen (secondary N) is 1. The molecule has 3 heterocycles. The number of aromatic nitrogens is 2. The third-order valence-electron chi connectivity index (χ3n) is 6.98. The summed E-state index contributed by atoms with van der Waals surface area (Å²) in [5.74, 6) is 1.28. The van der Waals surface area contributed by atoms with Crippen LogP contribution in [0.4, 0.5) is 11.6 Å². The molecule has 1 amide bonds. The lowest BCUT2D eigenvalue weighted by Crippen LogP contribution is -2.42. The molecule has 0 spiro atoms. The lowest BCUT2D eigenvalue weighted by atomic mass is 10.0. The molecule has 1 saturated carbocycles. The normalized spacial score (nSPS) is 24.7. The number of fused-ring (bicyclic) bond motifs is 1. The maximum absolute atomic E-state index is 13.0. The van der Waals surface area contributed by atoms with Crippen molar-refractivity contribution in [2.24, 2.45) is 0 Å². The van der Waals surface area contributed by atoms with Crippen molar-refractivity contribution in [1.82, 2.24) is 20.2 Å². The average Bonchev–Trinajstić information content (AvgIpc) is 3.49. The molecule has 1 N–H and O–H groups in total. The number of likely N-dealkylation sites (tertiary alicyclic amines) is 1. The van der Waals surface area contributed by atoms with E-state index in [2.05, 4.69) is 28.3 Å². The number of rotatable bonds is 5. The molecule has 2 aromatic rings. The first kappa shape index (κ1) is 19.8. The van der Waals surface area contributed by atoms with Gasteiger partial charge in [0.15, 0.2) is 6.19 Å². The van der Waals surface area contributed by atoms with Crippen LogP contribution in [-0.2, 0) is 6.42 Å². The molecule has 0 radical (unpaired) electrons. The third kappa shape index (κ3) is 3.60. The molecular formula is C24H28N6O. The molecule has 1 aromatic carbocycles. The highest BCUT2D eigenvalue weighted by molar-refractivity contribution is 5.95. The summed E-state index contributed by atoms with van der Waals surface area (Å²) in [5.41, 5.74) is 4.04. The first-order chi connectivity index (χ1) is 15.1. The number of hydrogen-bond acceptors (Lipinski definition) is 6. The van der Waals surface area contributed by atoms with Gasteiger partial charge in [-0.25, -0.2) is 9.97 Å². The minimum absolute atomic E-state index is 0.0135. The molecule has 3 atom stereocenters. The van der Waals surface area contributed by atoms with Gasteiger partial charge in [-0.1, -0.05) is 6.92 Å². The number of benzene rings is 1. The van der Waals surface area contributed by atoms with Gasteiger partial charge < -0.3 is 15.1 Å². The molecule has 2 fully saturated rings. The fourth-order valence-corrected chi connectivity index (χ4v) is 4.95. The van der Waals surface area contributed by atoms with Gasteiger partial charge in [-0.05, 0) is 68.9 Å². The van der Waals surface area contributed by atoms with Crippen LogP contribution in [0.25, 0.3) is 0 Å². The molecule has 1 saturated heterocycles. The summed E-state index contributed by atoms with van der Waals surface area (Å²) >= 11 is 0.